The molecule has 132 valence electrons. The smallest absolute Gasteiger partial charge is 0.225 e. The average Bonchev–Trinajstić information content (AvgIpc) is 3.06. The van der Waals surface area contributed by atoms with Gasteiger partial charge in [0.1, 0.15) is 0 Å². The molecule has 1 aliphatic carbocycles. The van der Waals surface area contributed by atoms with Gasteiger partial charge in [0.05, 0.1) is 4.47 Å². The lowest BCUT2D eigenvalue weighted by atomic mass is 9.97. The van der Waals surface area contributed by atoms with Crippen molar-refractivity contribution < 1.29 is 4.79 Å². The largest absolute Gasteiger partial charge is 0.349 e. The first kappa shape index (κ1) is 16.7. The number of Topliss-reactive ketones (excluding diaryl/α,β-unsaturated/α-hetero) is 1. The van der Waals surface area contributed by atoms with Crippen molar-refractivity contribution in [3.05, 3.63) is 40.4 Å². The van der Waals surface area contributed by atoms with E-state index in [0.29, 0.717) is 12.2 Å². The topological polar surface area (TPSA) is 54.3 Å². The second-order valence-corrected chi connectivity index (χ2v) is 7.59. The normalized spacial score (nSPS) is 18.4. The molecule has 0 N–H and O–H groups in total. The molecule has 1 saturated heterocycles. The fourth-order valence-electron chi connectivity index (χ4n) is 3.69. The molecule has 0 aromatic carbocycles. The second-order valence-electron chi connectivity index (χ2n) is 6.68. The van der Waals surface area contributed by atoms with Gasteiger partial charge in [-0.15, -0.1) is 0 Å². The van der Waals surface area contributed by atoms with Crippen molar-refractivity contribution in [1.82, 2.24) is 19.4 Å². The minimum atomic E-state index is 0.308. The maximum Gasteiger partial charge on any atom is 0.225 e. The van der Waals surface area contributed by atoms with Crippen LogP contribution in [0.3, 0.4) is 0 Å². The number of carbonyl (C=O) groups is 1. The van der Waals surface area contributed by atoms with Crippen molar-refractivity contribution in [2.45, 2.75) is 25.8 Å². The quantitative estimate of drug-likeness (QED) is 0.784. The van der Waals surface area contributed by atoms with Crippen LogP contribution < -0.4 is 4.90 Å². The Morgan fingerprint density at radius 2 is 1.80 bits per heavy atom. The minimum absolute atomic E-state index is 0.308. The van der Waals surface area contributed by atoms with Crippen LogP contribution in [0.4, 0.5) is 5.95 Å². The molecule has 0 amide bonds. The van der Waals surface area contributed by atoms with Gasteiger partial charge in [-0.25, -0.2) is 9.97 Å². The summed E-state index contributed by atoms with van der Waals surface area (Å²) >= 11 is 3.37. The first-order chi connectivity index (χ1) is 12.2. The average molecular weight is 404 g/mol. The maximum atomic E-state index is 12.0. The Bertz CT molecular complexity index is 749. The second kappa shape index (κ2) is 7.25. The first-order valence-corrected chi connectivity index (χ1v) is 9.66. The summed E-state index contributed by atoms with van der Waals surface area (Å²) < 4.78 is 3.18. The molecule has 0 bridgehead atoms. The summed E-state index contributed by atoms with van der Waals surface area (Å²) in [5, 5.41) is 0. The number of rotatable bonds is 4. The van der Waals surface area contributed by atoms with Crippen LogP contribution in [0.5, 0.6) is 0 Å². The van der Waals surface area contributed by atoms with Crippen LogP contribution >= 0.6 is 15.9 Å². The molecule has 0 saturated carbocycles. The Morgan fingerprint density at radius 3 is 2.56 bits per heavy atom. The van der Waals surface area contributed by atoms with E-state index in [9.17, 15) is 4.79 Å². The van der Waals surface area contributed by atoms with Crippen LogP contribution in [-0.2, 0) is 13.0 Å². The van der Waals surface area contributed by atoms with Crippen LogP contribution in [0.1, 0.15) is 28.9 Å². The summed E-state index contributed by atoms with van der Waals surface area (Å²) in [6.07, 6.45) is 8.40. The lowest BCUT2D eigenvalue weighted by Crippen LogP contribution is -2.47. The molecule has 7 heteroatoms. The third kappa shape index (κ3) is 3.62. The van der Waals surface area contributed by atoms with Crippen molar-refractivity contribution >= 4 is 27.7 Å². The highest BCUT2D eigenvalue weighted by Crippen LogP contribution is 2.22. The maximum absolute atomic E-state index is 12.0. The van der Waals surface area contributed by atoms with Crippen molar-refractivity contribution in [1.29, 1.82) is 0 Å². The molecule has 4 rings (SSSR count). The molecule has 2 aromatic rings. The van der Waals surface area contributed by atoms with Crippen LogP contribution in [0.2, 0.25) is 0 Å². The zero-order valence-electron chi connectivity index (χ0n) is 14.2. The van der Waals surface area contributed by atoms with Gasteiger partial charge in [-0.2, -0.15) is 0 Å². The van der Waals surface area contributed by atoms with Gasteiger partial charge in [0.2, 0.25) is 5.95 Å². The number of nitrogens with zero attached hydrogens (tertiary/aromatic N) is 5. The van der Waals surface area contributed by atoms with Crippen LogP contribution in [-0.4, -0.2) is 57.9 Å². The summed E-state index contributed by atoms with van der Waals surface area (Å²) in [5.74, 6) is 1.11. The van der Waals surface area contributed by atoms with E-state index in [4.69, 9.17) is 0 Å². The highest BCUT2D eigenvalue weighted by molar-refractivity contribution is 9.10. The molecule has 0 spiro atoms. The van der Waals surface area contributed by atoms with E-state index >= 15 is 0 Å². The van der Waals surface area contributed by atoms with Crippen LogP contribution in [0, 0.1) is 0 Å². The molecular formula is C18H22BrN5O. The Morgan fingerprint density at radius 1 is 1.04 bits per heavy atom. The summed E-state index contributed by atoms with van der Waals surface area (Å²) in [6.45, 7) is 5.90. The third-order valence-corrected chi connectivity index (χ3v) is 5.53. The Hall–Kier alpha value is -1.73. The summed E-state index contributed by atoms with van der Waals surface area (Å²) in [5.41, 5.74) is 2.18. The molecule has 2 aliphatic rings. The number of fused-ring (bicyclic) bond motifs is 1. The minimum Gasteiger partial charge on any atom is -0.349 e. The van der Waals surface area contributed by atoms with E-state index in [2.05, 4.69) is 46.5 Å². The lowest BCUT2D eigenvalue weighted by molar-refractivity contribution is 0.0971. The fourth-order valence-corrected chi connectivity index (χ4v) is 3.89. The third-order valence-electron chi connectivity index (χ3n) is 5.12. The zero-order valence-corrected chi connectivity index (χ0v) is 15.8. The van der Waals surface area contributed by atoms with Gasteiger partial charge in [0.15, 0.2) is 5.78 Å². The molecule has 1 fully saturated rings. The molecule has 25 heavy (non-hydrogen) atoms. The zero-order chi connectivity index (χ0) is 17.2. The van der Waals surface area contributed by atoms with E-state index in [-0.39, 0.29) is 0 Å². The summed E-state index contributed by atoms with van der Waals surface area (Å²) in [6, 6.07) is 2.00. The van der Waals surface area contributed by atoms with E-state index in [1.54, 1.807) is 12.4 Å². The van der Waals surface area contributed by atoms with E-state index in [1.807, 2.05) is 6.07 Å². The standard InChI is InChI=1S/C18H22BrN5O/c19-14-12-20-18(21-13-14)24-10-7-22(8-11-24)6-9-23-5-4-15-16(23)2-1-3-17(15)25/h4-5,12-13H,1-3,6-11H2. The molecule has 2 aromatic heterocycles. The first-order valence-electron chi connectivity index (χ1n) is 8.87. The predicted molar refractivity (Wildman–Crippen MR) is 100 cm³/mol. The van der Waals surface area contributed by atoms with Gasteiger partial charge in [-0.1, -0.05) is 0 Å². The number of anilines is 1. The van der Waals surface area contributed by atoms with Gasteiger partial charge < -0.3 is 9.47 Å². The molecular weight excluding hydrogens is 382 g/mol. The monoisotopic (exact) mass is 403 g/mol. The van der Waals surface area contributed by atoms with Gasteiger partial charge in [0.25, 0.3) is 0 Å². The predicted octanol–water partition coefficient (Wildman–Crippen LogP) is 2.38. The van der Waals surface area contributed by atoms with E-state index in [0.717, 1.165) is 68.1 Å². The number of halogens is 1. The molecule has 0 unspecified atom stereocenters. The fraction of sp³-hybridized carbons (Fsp3) is 0.500. The number of carbonyl (C=O) groups excluding carboxylic acids is 1. The van der Waals surface area contributed by atoms with Gasteiger partial charge in [0, 0.05) is 75.5 Å². The summed E-state index contributed by atoms with van der Waals surface area (Å²) in [4.78, 5) is 25.4. The number of piperazine rings is 1. The van der Waals surface area contributed by atoms with Gasteiger partial charge in [-0.05, 0) is 34.8 Å². The Balaban J connectivity index is 1.31. The molecule has 3 heterocycles. The number of hydrogen-bond donors (Lipinski definition) is 0. The number of ketones is 1. The highest BCUT2D eigenvalue weighted by atomic mass is 79.9. The number of hydrogen-bond acceptors (Lipinski definition) is 5. The molecule has 0 atom stereocenters. The van der Waals surface area contributed by atoms with Crippen LogP contribution in [0.25, 0.3) is 0 Å². The van der Waals surface area contributed by atoms with Crippen LogP contribution in [0.15, 0.2) is 29.1 Å². The van der Waals surface area contributed by atoms with Crippen molar-refractivity contribution in [2.75, 3.05) is 37.6 Å². The molecule has 6 nitrogen and oxygen atoms in total. The number of aromatic nitrogens is 3. The van der Waals surface area contributed by atoms with E-state index in [1.165, 1.54) is 5.69 Å². The van der Waals surface area contributed by atoms with Crippen molar-refractivity contribution in [2.24, 2.45) is 0 Å². The van der Waals surface area contributed by atoms with Gasteiger partial charge >= 0.3 is 0 Å². The highest BCUT2D eigenvalue weighted by Gasteiger charge is 2.22. The SMILES string of the molecule is O=C1CCCc2c1ccn2CCN1CCN(c2ncc(Br)cn2)CC1. The molecule has 0 radical (unpaired) electrons. The molecule has 1 aliphatic heterocycles. The van der Waals surface area contributed by atoms with Crippen molar-refractivity contribution in [3.63, 3.8) is 0 Å². The Labute approximate surface area is 156 Å². The van der Waals surface area contributed by atoms with Crippen molar-refractivity contribution in [3.8, 4) is 0 Å². The lowest BCUT2D eigenvalue weighted by Gasteiger charge is -2.34. The summed E-state index contributed by atoms with van der Waals surface area (Å²) in [7, 11) is 0. The Kier molecular flexibility index (Phi) is 4.85. The van der Waals surface area contributed by atoms with E-state index < -0.39 is 0 Å². The van der Waals surface area contributed by atoms with Gasteiger partial charge in [-0.3, -0.25) is 9.69 Å².